The minimum atomic E-state index is 0.0258. The fourth-order valence-electron chi connectivity index (χ4n) is 5.53. The molecule has 0 aliphatic carbocycles. The van der Waals surface area contributed by atoms with Crippen LogP contribution in [-0.2, 0) is 18.0 Å². The summed E-state index contributed by atoms with van der Waals surface area (Å²) >= 11 is 0. The van der Waals surface area contributed by atoms with Crippen molar-refractivity contribution in [3.63, 3.8) is 0 Å². The number of rotatable bonds is 3. The molecular formula is C26H33N2+. The topological polar surface area (TPSA) is 8.81 Å². The van der Waals surface area contributed by atoms with Crippen molar-refractivity contribution in [2.75, 3.05) is 0 Å². The Kier molecular flexibility index (Phi) is 4.30. The molecule has 0 amide bonds. The summed E-state index contributed by atoms with van der Waals surface area (Å²) < 4.78 is 5.00. The molecule has 0 bridgehead atoms. The molecule has 2 atom stereocenters. The maximum absolute atomic E-state index is 2.58. The molecule has 28 heavy (non-hydrogen) atoms. The van der Waals surface area contributed by atoms with Crippen molar-refractivity contribution in [2.24, 2.45) is 7.05 Å². The first kappa shape index (κ1) is 19.0. The van der Waals surface area contributed by atoms with Gasteiger partial charge in [-0.05, 0) is 56.4 Å². The molecule has 0 spiro atoms. The highest BCUT2D eigenvalue weighted by Gasteiger charge is 2.55. The average molecular weight is 374 g/mol. The van der Waals surface area contributed by atoms with Crippen molar-refractivity contribution in [2.45, 2.75) is 65.3 Å². The average Bonchev–Trinajstić information content (AvgIpc) is 3.03. The second-order valence-corrected chi connectivity index (χ2v) is 8.89. The van der Waals surface area contributed by atoms with Crippen LogP contribution in [0.5, 0.6) is 0 Å². The van der Waals surface area contributed by atoms with Crippen LogP contribution >= 0.6 is 0 Å². The standard InChI is InChI=1S/C26H33N2/c1-8-25(5)21-16-11-10-15-20(21)24-27(7)22(17-28(24)26(25,6)9-2)23-18(3)13-12-14-19(23)4/h10-17H,8-9H2,1-7H3/q+1. The molecule has 0 fully saturated rings. The van der Waals surface area contributed by atoms with Gasteiger partial charge in [0.15, 0.2) is 5.69 Å². The fourth-order valence-corrected chi connectivity index (χ4v) is 5.53. The normalized spacial score (nSPS) is 23.4. The molecule has 0 saturated carbocycles. The van der Waals surface area contributed by atoms with E-state index in [1.165, 1.54) is 39.3 Å². The maximum Gasteiger partial charge on any atom is 0.289 e. The van der Waals surface area contributed by atoms with E-state index in [2.05, 4.69) is 106 Å². The third kappa shape index (κ3) is 2.24. The Bertz CT molecular complexity index is 1040. The van der Waals surface area contributed by atoms with Crippen LogP contribution in [0.4, 0.5) is 0 Å². The molecule has 1 aromatic heterocycles. The molecule has 3 aromatic rings. The SMILES string of the molecule is CCC1(C)c2ccccc2-c2n(C)c(-c3c(C)cccc3C)c[n+]2C1(C)CC. The lowest BCUT2D eigenvalue weighted by atomic mass is 9.61. The van der Waals surface area contributed by atoms with Crippen molar-refractivity contribution in [1.29, 1.82) is 0 Å². The Morgan fingerprint density at radius 3 is 2.14 bits per heavy atom. The van der Waals surface area contributed by atoms with E-state index in [1.807, 2.05) is 0 Å². The summed E-state index contributed by atoms with van der Waals surface area (Å²) in [6.07, 6.45) is 4.63. The highest BCUT2D eigenvalue weighted by atomic mass is 15.2. The Morgan fingerprint density at radius 2 is 1.54 bits per heavy atom. The number of aromatic nitrogens is 2. The highest BCUT2D eigenvalue weighted by molar-refractivity contribution is 5.71. The highest BCUT2D eigenvalue weighted by Crippen LogP contribution is 2.50. The first-order valence-electron chi connectivity index (χ1n) is 10.6. The molecule has 4 rings (SSSR count). The number of fused-ring (bicyclic) bond motifs is 3. The van der Waals surface area contributed by atoms with Gasteiger partial charge in [-0.25, -0.2) is 9.13 Å². The van der Waals surface area contributed by atoms with E-state index < -0.39 is 0 Å². The molecule has 2 aromatic carbocycles. The van der Waals surface area contributed by atoms with Crippen LogP contribution in [0, 0.1) is 13.8 Å². The number of imidazole rings is 1. The van der Waals surface area contributed by atoms with Crippen LogP contribution < -0.4 is 4.57 Å². The summed E-state index contributed by atoms with van der Waals surface area (Å²) in [5, 5.41) is 0. The lowest BCUT2D eigenvalue weighted by molar-refractivity contribution is -0.764. The molecule has 1 aliphatic rings. The smallest absolute Gasteiger partial charge is 0.226 e. The Hall–Kier alpha value is -2.35. The van der Waals surface area contributed by atoms with Gasteiger partial charge in [0.25, 0.3) is 5.82 Å². The second kappa shape index (κ2) is 6.34. The Labute approximate surface area is 169 Å². The van der Waals surface area contributed by atoms with Crippen LogP contribution in [0.2, 0.25) is 0 Å². The van der Waals surface area contributed by atoms with E-state index in [9.17, 15) is 0 Å². The summed E-state index contributed by atoms with van der Waals surface area (Å²) in [5.74, 6) is 1.32. The monoisotopic (exact) mass is 373 g/mol. The second-order valence-electron chi connectivity index (χ2n) is 8.89. The van der Waals surface area contributed by atoms with Gasteiger partial charge in [0.2, 0.25) is 0 Å². The van der Waals surface area contributed by atoms with Crippen molar-refractivity contribution in [1.82, 2.24) is 4.57 Å². The summed E-state index contributed by atoms with van der Waals surface area (Å²) in [7, 11) is 2.23. The van der Waals surface area contributed by atoms with Crippen molar-refractivity contribution < 1.29 is 4.57 Å². The van der Waals surface area contributed by atoms with E-state index in [1.54, 1.807) is 0 Å². The van der Waals surface area contributed by atoms with E-state index in [0.717, 1.165) is 12.8 Å². The number of aryl methyl sites for hydroxylation is 2. The van der Waals surface area contributed by atoms with Gasteiger partial charge in [-0.3, -0.25) is 0 Å². The largest absolute Gasteiger partial charge is 0.289 e. The zero-order valence-electron chi connectivity index (χ0n) is 18.4. The number of benzene rings is 2. The zero-order valence-corrected chi connectivity index (χ0v) is 18.4. The van der Waals surface area contributed by atoms with E-state index >= 15 is 0 Å². The molecular weight excluding hydrogens is 340 g/mol. The molecule has 2 heteroatoms. The van der Waals surface area contributed by atoms with Crippen LogP contribution in [0.25, 0.3) is 22.6 Å². The Balaban J connectivity index is 2.12. The molecule has 0 radical (unpaired) electrons. The Morgan fingerprint density at radius 1 is 0.893 bits per heavy atom. The fraction of sp³-hybridized carbons (Fsp3) is 0.423. The summed E-state index contributed by atoms with van der Waals surface area (Å²) in [5.41, 5.74) is 8.31. The zero-order chi connectivity index (χ0) is 20.3. The molecule has 2 heterocycles. The number of hydrogen-bond donors (Lipinski definition) is 0. The molecule has 146 valence electrons. The molecule has 2 nitrogen and oxygen atoms in total. The molecule has 0 saturated heterocycles. The summed E-state index contributed by atoms with van der Waals surface area (Å²) in [6.45, 7) is 14.0. The van der Waals surface area contributed by atoms with Gasteiger partial charge in [-0.15, -0.1) is 0 Å². The number of hydrogen-bond acceptors (Lipinski definition) is 0. The van der Waals surface area contributed by atoms with E-state index in [-0.39, 0.29) is 11.0 Å². The van der Waals surface area contributed by atoms with Crippen LogP contribution in [0.15, 0.2) is 48.7 Å². The van der Waals surface area contributed by atoms with Crippen LogP contribution in [0.1, 0.15) is 57.2 Å². The van der Waals surface area contributed by atoms with Gasteiger partial charge in [-0.2, -0.15) is 0 Å². The van der Waals surface area contributed by atoms with Crippen LogP contribution in [-0.4, -0.2) is 4.57 Å². The van der Waals surface area contributed by atoms with Gasteiger partial charge in [0, 0.05) is 11.0 Å². The maximum atomic E-state index is 2.58. The minimum Gasteiger partial charge on any atom is -0.226 e. The predicted octanol–water partition coefficient (Wildman–Crippen LogP) is 6.07. The van der Waals surface area contributed by atoms with Crippen molar-refractivity contribution in [3.05, 3.63) is 65.4 Å². The van der Waals surface area contributed by atoms with E-state index in [0.29, 0.717) is 0 Å². The van der Waals surface area contributed by atoms with Gasteiger partial charge in [0.05, 0.1) is 12.6 Å². The summed E-state index contributed by atoms with van der Waals surface area (Å²) in [4.78, 5) is 0. The number of nitrogens with zero attached hydrogens (tertiary/aromatic N) is 2. The van der Waals surface area contributed by atoms with Crippen molar-refractivity contribution in [3.8, 4) is 22.6 Å². The lowest BCUT2D eigenvalue weighted by Crippen LogP contribution is -2.67. The van der Waals surface area contributed by atoms with Crippen molar-refractivity contribution >= 4 is 0 Å². The molecule has 1 aliphatic heterocycles. The van der Waals surface area contributed by atoms with Gasteiger partial charge in [0.1, 0.15) is 11.7 Å². The quantitative estimate of drug-likeness (QED) is 0.493. The van der Waals surface area contributed by atoms with E-state index in [4.69, 9.17) is 0 Å². The molecule has 0 N–H and O–H groups in total. The first-order chi connectivity index (χ1) is 13.3. The van der Waals surface area contributed by atoms with Gasteiger partial charge in [-0.1, -0.05) is 57.2 Å². The third-order valence-electron chi connectivity index (χ3n) is 7.77. The minimum absolute atomic E-state index is 0.0258. The summed E-state index contributed by atoms with van der Waals surface area (Å²) in [6, 6.07) is 15.6. The first-order valence-corrected chi connectivity index (χ1v) is 10.6. The van der Waals surface area contributed by atoms with Gasteiger partial charge >= 0.3 is 0 Å². The van der Waals surface area contributed by atoms with Crippen LogP contribution in [0.3, 0.4) is 0 Å². The third-order valence-corrected chi connectivity index (χ3v) is 7.77. The molecule has 2 unspecified atom stereocenters. The van der Waals surface area contributed by atoms with Gasteiger partial charge < -0.3 is 0 Å². The lowest BCUT2D eigenvalue weighted by Gasteiger charge is -2.47. The predicted molar refractivity (Wildman–Crippen MR) is 118 cm³/mol.